The molecule has 0 bridgehead atoms. The van der Waals surface area contributed by atoms with Crippen LogP contribution in [0.3, 0.4) is 0 Å². The van der Waals surface area contributed by atoms with Gasteiger partial charge in [-0.05, 0) is 38.1 Å². The molecule has 2 unspecified atom stereocenters. The van der Waals surface area contributed by atoms with Crippen LogP contribution >= 0.6 is 0 Å². The minimum Gasteiger partial charge on any atom is -0.415 e. The maximum absolute atomic E-state index is 12.0. The Labute approximate surface area is 162 Å². The molecule has 0 radical (unpaired) electrons. The van der Waals surface area contributed by atoms with Crippen molar-refractivity contribution in [3.8, 4) is 23.0 Å². The van der Waals surface area contributed by atoms with Crippen molar-refractivity contribution in [3.63, 3.8) is 0 Å². The highest BCUT2D eigenvalue weighted by Crippen LogP contribution is 2.46. The van der Waals surface area contributed by atoms with Gasteiger partial charge in [0.1, 0.15) is 5.69 Å². The number of benzene rings is 1. The van der Waals surface area contributed by atoms with Gasteiger partial charge in [-0.1, -0.05) is 12.1 Å². The highest BCUT2D eigenvalue weighted by molar-refractivity contribution is 5.82. The second kappa shape index (κ2) is 7.85. The van der Waals surface area contributed by atoms with Crippen molar-refractivity contribution in [3.05, 3.63) is 47.9 Å². The van der Waals surface area contributed by atoms with E-state index in [-0.39, 0.29) is 17.7 Å². The van der Waals surface area contributed by atoms with Crippen molar-refractivity contribution in [1.29, 1.82) is 0 Å². The summed E-state index contributed by atoms with van der Waals surface area (Å²) < 4.78 is 5.80. The fourth-order valence-electron chi connectivity index (χ4n) is 3.19. The largest absolute Gasteiger partial charge is 0.415 e. The second-order valence-electron chi connectivity index (χ2n) is 6.81. The molecule has 1 aromatic carbocycles. The number of hydrogen-bond acceptors (Lipinski definition) is 7. The number of rotatable bonds is 7. The summed E-state index contributed by atoms with van der Waals surface area (Å²) in [6.45, 7) is 3.35. The van der Waals surface area contributed by atoms with E-state index in [1.807, 2.05) is 38.2 Å². The molecule has 144 valence electrons. The highest BCUT2D eigenvalue weighted by atomic mass is 16.4. The molecule has 1 saturated carbocycles. The maximum Gasteiger partial charge on any atom is 0.268 e. The third-order valence-corrected chi connectivity index (χ3v) is 4.74. The van der Waals surface area contributed by atoms with Gasteiger partial charge in [-0.15, -0.1) is 10.2 Å². The molecule has 28 heavy (non-hydrogen) atoms. The molecule has 0 spiro atoms. The van der Waals surface area contributed by atoms with E-state index >= 15 is 0 Å². The summed E-state index contributed by atoms with van der Waals surface area (Å²) in [5.74, 6) is 0.894. The van der Waals surface area contributed by atoms with Crippen LogP contribution in [0.4, 0.5) is 0 Å². The van der Waals surface area contributed by atoms with Gasteiger partial charge < -0.3 is 15.1 Å². The zero-order chi connectivity index (χ0) is 19.5. The van der Waals surface area contributed by atoms with Gasteiger partial charge >= 0.3 is 0 Å². The Morgan fingerprint density at radius 2 is 1.96 bits per heavy atom. The molecule has 0 saturated heterocycles. The van der Waals surface area contributed by atoms with E-state index in [0.29, 0.717) is 24.0 Å². The third-order valence-electron chi connectivity index (χ3n) is 4.74. The molecule has 8 heteroatoms. The van der Waals surface area contributed by atoms with Gasteiger partial charge in [-0.2, -0.15) is 0 Å². The van der Waals surface area contributed by atoms with Crippen molar-refractivity contribution in [2.24, 2.45) is 5.92 Å². The van der Waals surface area contributed by atoms with Crippen molar-refractivity contribution >= 4 is 5.91 Å². The molecule has 2 atom stereocenters. The third kappa shape index (κ3) is 3.77. The van der Waals surface area contributed by atoms with Crippen LogP contribution in [0, 0.1) is 5.92 Å². The van der Waals surface area contributed by atoms with Crippen molar-refractivity contribution in [1.82, 2.24) is 30.8 Å². The molecule has 2 aromatic heterocycles. The number of amides is 1. The molecule has 8 nitrogen and oxygen atoms in total. The standard InChI is InChI=1S/C20H22N6O2/c1-3-23-18(27)15-8-14(15)16-10-22-11-17(24-16)20-26-25-19(28-20)13-6-4-12(5-7-13)9-21-2/h4-7,10-11,14-15,21H,3,8-9H2,1-2H3,(H,23,27). The first kappa shape index (κ1) is 18.2. The Morgan fingerprint density at radius 3 is 2.71 bits per heavy atom. The van der Waals surface area contributed by atoms with E-state index < -0.39 is 0 Å². The van der Waals surface area contributed by atoms with Crippen molar-refractivity contribution in [2.75, 3.05) is 13.6 Å². The summed E-state index contributed by atoms with van der Waals surface area (Å²) in [5.41, 5.74) is 3.33. The molecule has 0 aliphatic heterocycles. The van der Waals surface area contributed by atoms with E-state index in [1.54, 1.807) is 12.4 Å². The summed E-state index contributed by atoms with van der Waals surface area (Å²) in [4.78, 5) is 20.8. The van der Waals surface area contributed by atoms with Crippen LogP contribution in [0.1, 0.15) is 30.5 Å². The van der Waals surface area contributed by atoms with Crippen molar-refractivity contribution < 1.29 is 9.21 Å². The van der Waals surface area contributed by atoms with Crippen LogP contribution in [-0.4, -0.2) is 39.7 Å². The molecule has 1 aliphatic carbocycles. The fourth-order valence-corrected chi connectivity index (χ4v) is 3.19. The summed E-state index contributed by atoms with van der Waals surface area (Å²) in [5, 5.41) is 14.2. The van der Waals surface area contributed by atoms with Gasteiger partial charge in [-0.3, -0.25) is 9.78 Å². The van der Waals surface area contributed by atoms with Crippen molar-refractivity contribution in [2.45, 2.75) is 25.8 Å². The number of carbonyl (C=O) groups excluding carboxylic acids is 1. The lowest BCUT2D eigenvalue weighted by Crippen LogP contribution is -2.24. The molecule has 1 amide bonds. The normalized spacial score (nSPS) is 18.1. The lowest BCUT2D eigenvalue weighted by atomic mass is 10.1. The first-order valence-electron chi connectivity index (χ1n) is 9.37. The number of carbonyl (C=O) groups is 1. The minimum absolute atomic E-state index is 0.0288. The molecule has 3 aromatic rings. The topological polar surface area (TPSA) is 106 Å². The van der Waals surface area contributed by atoms with Gasteiger partial charge in [-0.25, -0.2) is 4.98 Å². The second-order valence-corrected chi connectivity index (χ2v) is 6.81. The monoisotopic (exact) mass is 378 g/mol. The fraction of sp³-hybridized carbons (Fsp3) is 0.350. The lowest BCUT2D eigenvalue weighted by molar-refractivity contribution is -0.122. The van der Waals surface area contributed by atoms with Crippen LogP contribution in [0.2, 0.25) is 0 Å². The maximum atomic E-state index is 12.0. The number of nitrogens with zero attached hydrogens (tertiary/aromatic N) is 4. The zero-order valence-electron chi connectivity index (χ0n) is 15.8. The molecule has 2 heterocycles. The Bertz CT molecular complexity index is 969. The molecule has 1 fully saturated rings. The number of hydrogen-bond donors (Lipinski definition) is 2. The highest BCUT2D eigenvalue weighted by Gasteiger charge is 2.45. The van der Waals surface area contributed by atoms with E-state index in [4.69, 9.17) is 4.42 Å². The Balaban J connectivity index is 1.51. The van der Waals surface area contributed by atoms with Gasteiger partial charge in [0.15, 0.2) is 0 Å². The van der Waals surface area contributed by atoms with Gasteiger partial charge in [0, 0.05) is 36.7 Å². The van der Waals surface area contributed by atoms with Crippen LogP contribution in [0.5, 0.6) is 0 Å². The van der Waals surface area contributed by atoms with E-state index in [0.717, 1.165) is 24.2 Å². The first-order chi connectivity index (χ1) is 13.7. The van der Waals surface area contributed by atoms with E-state index in [1.165, 1.54) is 5.56 Å². The average Bonchev–Trinajstić information content (AvgIpc) is 3.38. The Morgan fingerprint density at radius 1 is 1.18 bits per heavy atom. The van der Waals surface area contributed by atoms with Gasteiger partial charge in [0.2, 0.25) is 11.8 Å². The summed E-state index contributed by atoms with van der Waals surface area (Å²) in [7, 11) is 1.91. The van der Waals surface area contributed by atoms with Crippen LogP contribution in [0.15, 0.2) is 41.1 Å². The quantitative estimate of drug-likeness (QED) is 0.649. The van der Waals surface area contributed by atoms with Crippen LogP contribution in [-0.2, 0) is 11.3 Å². The molecular formula is C20H22N6O2. The van der Waals surface area contributed by atoms with E-state index in [2.05, 4.69) is 30.8 Å². The first-order valence-corrected chi connectivity index (χ1v) is 9.37. The SMILES string of the molecule is CCNC(=O)C1CC1c1cncc(-c2nnc(-c3ccc(CNC)cc3)o2)n1. The molecule has 1 aliphatic rings. The van der Waals surface area contributed by atoms with Crippen LogP contribution < -0.4 is 10.6 Å². The Hall–Kier alpha value is -3.13. The van der Waals surface area contributed by atoms with Crippen LogP contribution in [0.25, 0.3) is 23.0 Å². The summed E-state index contributed by atoms with van der Waals surface area (Å²) in [6.07, 6.45) is 4.09. The molecular weight excluding hydrogens is 356 g/mol. The number of aromatic nitrogens is 4. The zero-order valence-corrected chi connectivity index (χ0v) is 15.8. The van der Waals surface area contributed by atoms with E-state index in [9.17, 15) is 4.79 Å². The minimum atomic E-state index is -0.0288. The van der Waals surface area contributed by atoms with Gasteiger partial charge in [0.25, 0.3) is 5.89 Å². The Kier molecular flexibility index (Phi) is 5.12. The number of nitrogens with one attached hydrogen (secondary N) is 2. The van der Waals surface area contributed by atoms with Gasteiger partial charge in [0.05, 0.1) is 11.9 Å². The predicted octanol–water partition coefficient (Wildman–Crippen LogP) is 2.15. The lowest BCUT2D eigenvalue weighted by Gasteiger charge is -2.02. The molecule has 4 rings (SSSR count). The average molecular weight is 378 g/mol. The molecule has 2 N–H and O–H groups in total. The summed E-state index contributed by atoms with van der Waals surface area (Å²) in [6, 6.07) is 7.94. The smallest absolute Gasteiger partial charge is 0.268 e. The summed E-state index contributed by atoms with van der Waals surface area (Å²) >= 11 is 0. The predicted molar refractivity (Wildman–Crippen MR) is 103 cm³/mol.